The van der Waals surface area contributed by atoms with Crippen LogP contribution in [0.15, 0.2) is 53.7 Å². The minimum Gasteiger partial charge on any atom is -0.481 e. The van der Waals surface area contributed by atoms with Crippen LogP contribution in [0.5, 0.6) is 0 Å². The molecule has 2 heterocycles. The Bertz CT molecular complexity index is 1240. The van der Waals surface area contributed by atoms with Crippen LogP contribution >= 0.6 is 0 Å². The molecule has 164 valence electrons. The van der Waals surface area contributed by atoms with Crippen LogP contribution in [0.25, 0.3) is 11.0 Å². The van der Waals surface area contributed by atoms with Crippen molar-refractivity contribution in [3.63, 3.8) is 0 Å². The third-order valence-corrected chi connectivity index (χ3v) is 6.47. The molecule has 0 fully saturated rings. The first-order chi connectivity index (χ1) is 14.6. The Balaban J connectivity index is 2.12. The largest absolute Gasteiger partial charge is 0.481 e. The maximum atomic E-state index is 13.0. The van der Waals surface area contributed by atoms with E-state index in [4.69, 9.17) is 4.74 Å². The first-order valence-corrected chi connectivity index (χ1v) is 10.5. The summed E-state index contributed by atoms with van der Waals surface area (Å²) in [7, 11) is -2.65. The quantitative estimate of drug-likeness (QED) is 0.371. The van der Waals surface area contributed by atoms with Crippen LogP contribution in [0.1, 0.15) is 6.92 Å². The van der Waals surface area contributed by atoms with E-state index in [1.54, 1.807) is 18.2 Å². The second kappa shape index (κ2) is 8.32. The van der Waals surface area contributed by atoms with Gasteiger partial charge < -0.3 is 15.2 Å². The number of nitrogens with one attached hydrogen (secondary N) is 1. The maximum Gasteiger partial charge on any atom is 0.313 e. The number of hydrogen-bond acceptors (Lipinski definition) is 8. The Labute approximate surface area is 177 Å². The van der Waals surface area contributed by atoms with E-state index in [0.29, 0.717) is 0 Å². The molecule has 1 atom stereocenters. The Morgan fingerprint density at radius 1 is 1.32 bits per heavy atom. The predicted octanol–water partition coefficient (Wildman–Crippen LogP) is 2.33. The van der Waals surface area contributed by atoms with Gasteiger partial charge in [-0.2, -0.15) is 0 Å². The summed E-state index contributed by atoms with van der Waals surface area (Å²) in [5.41, 5.74) is -1.84. The summed E-state index contributed by atoms with van der Waals surface area (Å²) < 4.78 is 31.9. The minimum absolute atomic E-state index is 0.0271. The SMILES string of the molecule is COCC(C)(CNc1c([N+](=O)[O-])cnc2c1ccn2S(=O)(=O)c1ccccc1)C(=O)O. The Morgan fingerprint density at radius 3 is 2.58 bits per heavy atom. The number of rotatable bonds is 9. The van der Waals surface area contributed by atoms with E-state index >= 15 is 0 Å². The van der Waals surface area contributed by atoms with Crippen molar-refractivity contribution in [3.8, 4) is 0 Å². The molecule has 2 N–H and O–H groups in total. The number of pyridine rings is 1. The van der Waals surface area contributed by atoms with E-state index in [2.05, 4.69) is 10.3 Å². The number of benzene rings is 1. The van der Waals surface area contributed by atoms with Crippen LogP contribution in [0, 0.1) is 15.5 Å². The van der Waals surface area contributed by atoms with Gasteiger partial charge in [0.2, 0.25) is 0 Å². The van der Waals surface area contributed by atoms with E-state index in [1.165, 1.54) is 38.4 Å². The van der Waals surface area contributed by atoms with Crippen LogP contribution in [-0.2, 0) is 19.6 Å². The normalized spacial score (nSPS) is 13.6. The number of anilines is 1. The first-order valence-electron chi connectivity index (χ1n) is 9.03. The summed E-state index contributed by atoms with van der Waals surface area (Å²) in [6.45, 7) is 1.09. The molecule has 0 spiro atoms. The highest BCUT2D eigenvalue weighted by atomic mass is 32.2. The number of carboxylic acid groups (broad SMARTS) is 1. The number of ether oxygens (including phenoxy) is 1. The van der Waals surface area contributed by atoms with Gasteiger partial charge in [0.05, 0.1) is 21.8 Å². The summed E-state index contributed by atoms with van der Waals surface area (Å²) in [6.07, 6.45) is 2.19. The lowest BCUT2D eigenvalue weighted by molar-refractivity contribution is -0.384. The van der Waals surface area contributed by atoms with Crippen molar-refractivity contribution >= 4 is 38.4 Å². The summed E-state index contributed by atoms with van der Waals surface area (Å²) in [6, 6.07) is 9.06. The molecule has 1 unspecified atom stereocenters. The van der Waals surface area contributed by atoms with Crippen LogP contribution in [0.4, 0.5) is 11.4 Å². The van der Waals surface area contributed by atoms with Crippen molar-refractivity contribution < 1.29 is 28.0 Å². The topological polar surface area (TPSA) is 154 Å². The first kappa shape index (κ1) is 22.2. The van der Waals surface area contributed by atoms with Gasteiger partial charge in [0.15, 0.2) is 5.65 Å². The maximum absolute atomic E-state index is 13.0. The number of fused-ring (bicyclic) bond motifs is 1. The standard InChI is InChI=1S/C19H20N4O7S/c1-19(12-30-2,18(24)25)11-21-16-14-8-9-22(17(14)20-10-15(16)23(26)27)31(28,29)13-6-4-3-5-7-13/h3-10H,11-12H2,1-2H3,(H,20,21)(H,24,25). The number of aromatic nitrogens is 2. The van der Waals surface area contributed by atoms with Gasteiger partial charge in [-0.3, -0.25) is 14.9 Å². The molecule has 0 aliphatic carbocycles. The van der Waals surface area contributed by atoms with Crippen molar-refractivity contribution in [2.45, 2.75) is 11.8 Å². The number of nitro groups is 1. The fourth-order valence-corrected chi connectivity index (χ4v) is 4.39. The van der Waals surface area contributed by atoms with Crippen LogP contribution in [0.3, 0.4) is 0 Å². The van der Waals surface area contributed by atoms with Gasteiger partial charge in [0, 0.05) is 19.9 Å². The van der Waals surface area contributed by atoms with Gasteiger partial charge in [-0.1, -0.05) is 18.2 Å². The zero-order chi connectivity index (χ0) is 22.8. The number of methoxy groups -OCH3 is 1. The van der Waals surface area contributed by atoms with E-state index < -0.39 is 32.0 Å². The molecule has 11 nitrogen and oxygen atoms in total. The minimum atomic E-state index is -4.00. The molecule has 0 aliphatic rings. The highest BCUT2D eigenvalue weighted by molar-refractivity contribution is 7.90. The van der Waals surface area contributed by atoms with Crippen molar-refractivity contribution in [2.75, 3.05) is 25.6 Å². The molecule has 3 aromatic rings. The molecule has 31 heavy (non-hydrogen) atoms. The molecule has 1 aromatic carbocycles. The van der Waals surface area contributed by atoms with Gasteiger partial charge in [-0.05, 0) is 25.1 Å². The van der Waals surface area contributed by atoms with Gasteiger partial charge in [-0.15, -0.1) is 0 Å². The molecule has 2 aromatic heterocycles. The van der Waals surface area contributed by atoms with Crippen LogP contribution in [-0.4, -0.2) is 53.6 Å². The van der Waals surface area contributed by atoms with E-state index in [9.17, 15) is 28.4 Å². The van der Waals surface area contributed by atoms with Crippen molar-refractivity contribution in [3.05, 3.63) is 58.9 Å². The molecule has 0 saturated heterocycles. The van der Waals surface area contributed by atoms with E-state index in [-0.39, 0.29) is 34.8 Å². The molecular formula is C19H20N4O7S. The van der Waals surface area contributed by atoms with Gasteiger partial charge >= 0.3 is 11.7 Å². The summed E-state index contributed by atoms with van der Waals surface area (Å²) >= 11 is 0. The van der Waals surface area contributed by atoms with Gasteiger partial charge in [-0.25, -0.2) is 17.4 Å². The fourth-order valence-electron chi connectivity index (χ4n) is 3.07. The third kappa shape index (κ3) is 4.07. The Kier molecular flexibility index (Phi) is 5.95. The van der Waals surface area contributed by atoms with Crippen molar-refractivity contribution in [1.29, 1.82) is 0 Å². The second-order valence-electron chi connectivity index (χ2n) is 7.09. The zero-order valence-electron chi connectivity index (χ0n) is 16.7. The molecule has 0 amide bonds. The predicted molar refractivity (Wildman–Crippen MR) is 112 cm³/mol. The molecule has 12 heteroatoms. The average molecular weight is 448 g/mol. The lowest BCUT2D eigenvalue weighted by Gasteiger charge is -2.24. The molecule has 0 saturated carbocycles. The average Bonchev–Trinajstić information content (AvgIpc) is 3.17. The van der Waals surface area contributed by atoms with Crippen LogP contribution < -0.4 is 5.32 Å². The highest BCUT2D eigenvalue weighted by Gasteiger charge is 2.34. The fraction of sp³-hybridized carbons (Fsp3) is 0.263. The van der Waals surface area contributed by atoms with Crippen molar-refractivity contribution in [1.82, 2.24) is 8.96 Å². The second-order valence-corrected chi connectivity index (χ2v) is 8.91. The number of carbonyl (C=O) groups is 1. The van der Waals surface area contributed by atoms with Gasteiger partial charge in [0.25, 0.3) is 10.0 Å². The van der Waals surface area contributed by atoms with Crippen LogP contribution in [0.2, 0.25) is 0 Å². The molecular weight excluding hydrogens is 428 g/mol. The number of aliphatic carboxylic acids is 1. The Morgan fingerprint density at radius 2 is 2.00 bits per heavy atom. The molecule has 3 rings (SSSR count). The number of nitrogens with zero attached hydrogens (tertiary/aromatic N) is 3. The number of hydrogen-bond donors (Lipinski definition) is 2. The van der Waals surface area contributed by atoms with E-state index in [0.717, 1.165) is 10.2 Å². The molecule has 0 aliphatic heterocycles. The summed E-state index contributed by atoms with van der Waals surface area (Å²) in [5, 5.41) is 24.0. The third-order valence-electron chi connectivity index (χ3n) is 4.79. The number of carboxylic acids is 1. The lowest BCUT2D eigenvalue weighted by atomic mass is 9.91. The summed E-state index contributed by atoms with van der Waals surface area (Å²) in [5.74, 6) is -1.15. The van der Waals surface area contributed by atoms with E-state index in [1.807, 2.05) is 0 Å². The smallest absolute Gasteiger partial charge is 0.313 e. The van der Waals surface area contributed by atoms with Crippen molar-refractivity contribution in [2.24, 2.45) is 5.41 Å². The highest BCUT2D eigenvalue weighted by Crippen LogP contribution is 2.34. The van der Waals surface area contributed by atoms with Gasteiger partial charge in [0.1, 0.15) is 17.3 Å². The monoisotopic (exact) mass is 448 g/mol. The molecule has 0 bridgehead atoms. The molecule has 0 radical (unpaired) electrons. The lowest BCUT2D eigenvalue weighted by Crippen LogP contribution is -2.39. The zero-order valence-corrected chi connectivity index (χ0v) is 17.5. The summed E-state index contributed by atoms with van der Waals surface area (Å²) in [4.78, 5) is 26.5. The Hall–Kier alpha value is -3.51.